The third-order valence-electron chi connectivity index (χ3n) is 1.49. The van der Waals surface area contributed by atoms with Crippen molar-refractivity contribution in [3.63, 3.8) is 0 Å². The minimum Gasteiger partial charge on any atom is -0.479 e. The van der Waals surface area contributed by atoms with Crippen LogP contribution in [0.1, 0.15) is 5.56 Å². The molecule has 4 heteroatoms. The highest BCUT2D eigenvalue weighted by molar-refractivity contribution is 9.10. The van der Waals surface area contributed by atoms with Gasteiger partial charge in [0.05, 0.1) is 10.7 Å². The van der Waals surface area contributed by atoms with Crippen LogP contribution >= 0.6 is 15.9 Å². The molecule has 1 aromatic carbocycles. The first-order chi connectivity index (χ1) is 6.79. The maximum absolute atomic E-state index is 8.42. The zero-order chi connectivity index (χ0) is 10.4. The first-order valence-electron chi connectivity index (χ1n) is 3.81. The average Bonchev–Trinajstić information content (AvgIpc) is 2.18. The molecule has 0 saturated heterocycles. The summed E-state index contributed by atoms with van der Waals surface area (Å²) in [6.45, 7) is 0.175. The predicted molar refractivity (Wildman–Crippen MR) is 57.9 cm³/mol. The molecule has 0 heterocycles. The molecule has 0 saturated carbocycles. The molecule has 14 heavy (non-hydrogen) atoms. The fourth-order valence-electron chi connectivity index (χ4n) is 0.955. The van der Waals surface area contributed by atoms with Crippen molar-refractivity contribution in [2.45, 2.75) is 0 Å². The number of oxime groups is 1. The highest BCUT2D eigenvalue weighted by Crippen LogP contribution is 2.27. The lowest BCUT2D eigenvalue weighted by molar-refractivity contribution is 0.321. The molecule has 0 fully saturated rings. The van der Waals surface area contributed by atoms with E-state index in [9.17, 15) is 0 Å². The topological polar surface area (TPSA) is 41.8 Å². The Bertz CT molecular complexity index is 382. The molecule has 1 rings (SSSR count). The second-order valence-corrected chi connectivity index (χ2v) is 3.25. The molecule has 0 bridgehead atoms. The number of hydrogen-bond acceptors (Lipinski definition) is 3. The molecule has 0 aliphatic heterocycles. The molecule has 0 spiro atoms. The van der Waals surface area contributed by atoms with E-state index in [-0.39, 0.29) is 6.61 Å². The van der Waals surface area contributed by atoms with E-state index in [1.165, 1.54) is 6.21 Å². The number of nitrogens with zero attached hydrogens (tertiary/aromatic N) is 1. The van der Waals surface area contributed by atoms with E-state index < -0.39 is 0 Å². The lowest BCUT2D eigenvalue weighted by atomic mass is 10.2. The van der Waals surface area contributed by atoms with Crippen molar-refractivity contribution in [2.75, 3.05) is 6.61 Å². The Labute approximate surface area is 90.5 Å². The minimum atomic E-state index is 0.175. The molecule has 1 N–H and O–H groups in total. The fraction of sp³-hybridized carbons (Fsp3) is 0.100. The van der Waals surface area contributed by atoms with Crippen LogP contribution in [0.2, 0.25) is 0 Å². The average molecular weight is 254 g/mol. The van der Waals surface area contributed by atoms with Gasteiger partial charge in [-0.1, -0.05) is 17.1 Å². The van der Waals surface area contributed by atoms with Crippen LogP contribution in [0.3, 0.4) is 0 Å². The van der Waals surface area contributed by atoms with Crippen LogP contribution in [0, 0.1) is 12.3 Å². The highest BCUT2D eigenvalue weighted by Gasteiger charge is 2.05. The largest absolute Gasteiger partial charge is 0.479 e. The van der Waals surface area contributed by atoms with E-state index in [0.29, 0.717) is 11.3 Å². The van der Waals surface area contributed by atoms with Crippen molar-refractivity contribution < 1.29 is 9.94 Å². The number of halogens is 1. The molecule has 0 unspecified atom stereocenters. The maximum atomic E-state index is 8.42. The van der Waals surface area contributed by atoms with Crippen LogP contribution in [0.4, 0.5) is 0 Å². The van der Waals surface area contributed by atoms with Crippen LogP contribution < -0.4 is 4.74 Å². The zero-order valence-corrected chi connectivity index (χ0v) is 8.86. The van der Waals surface area contributed by atoms with Gasteiger partial charge in [0, 0.05) is 5.56 Å². The number of terminal acetylenes is 1. The highest BCUT2D eigenvalue weighted by atomic mass is 79.9. The Hall–Kier alpha value is -1.47. The smallest absolute Gasteiger partial charge is 0.148 e. The molecule has 0 atom stereocenters. The normalized spacial score (nSPS) is 10.0. The van der Waals surface area contributed by atoms with E-state index in [1.807, 2.05) is 12.1 Å². The van der Waals surface area contributed by atoms with Crippen molar-refractivity contribution in [3.8, 4) is 18.1 Å². The van der Waals surface area contributed by atoms with Gasteiger partial charge in [-0.3, -0.25) is 0 Å². The number of rotatable bonds is 3. The van der Waals surface area contributed by atoms with Crippen LogP contribution in [-0.2, 0) is 0 Å². The fourth-order valence-corrected chi connectivity index (χ4v) is 1.45. The van der Waals surface area contributed by atoms with E-state index in [1.54, 1.807) is 6.07 Å². The number of para-hydroxylation sites is 1. The zero-order valence-electron chi connectivity index (χ0n) is 7.27. The van der Waals surface area contributed by atoms with Crippen molar-refractivity contribution in [1.29, 1.82) is 0 Å². The van der Waals surface area contributed by atoms with Gasteiger partial charge in [0.2, 0.25) is 0 Å². The van der Waals surface area contributed by atoms with Gasteiger partial charge in [-0.05, 0) is 28.1 Å². The first-order valence-corrected chi connectivity index (χ1v) is 4.61. The SMILES string of the molecule is C#CCOc1c(Br)cccc1/C=N/O. The predicted octanol–water partition coefficient (Wildman–Crippen LogP) is 2.27. The van der Waals surface area contributed by atoms with E-state index in [2.05, 4.69) is 27.0 Å². The molecule has 3 nitrogen and oxygen atoms in total. The molecule has 0 aliphatic carbocycles. The summed E-state index contributed by atoms with van der Waals surface area (Å²) in [6.07, 6.45) is 6.37. The van der Waals surface area contributed by atoms with Crippen LogP contribution in [0.25, 0.3) is 0 Å². The van der Waals surface area contributed by atoms with Crippen LogP contribution in [-0.4, -0.2) is 18.0 Å². The summed E-state index contributed by atoms with van der Waals surface area (Å²) >= 11 is 3.31. The van der Waals surface area contributed by atoms with E-state index in [0.717, 1.165) is 4.47 Å². The number of hydrogen-bond donors (Lipinski definition) is 1. The molecular formula is C10H8BrNO2. The summed E-state index contributed by atoms with van der Waals surface area (Å²) < 4.78 is 6.05. The third-order valence-corrected chi connectivity index (χ3v) is 2.12. The van der Waals surface area contributed by atoms with E-state index >= 15 is 0 Å². The van der Waals surface area contributed by atoms with Crippen molar-refractivity contribution in [3.05, 3.63) is 28.2 Å². The maximum Gasteiger partial charge on any atom is 0.148 e. The third kappa shape index (κ3) is 2.51. The monoisotopic (exact) mass is 253 g/mol. The quantitative estimate of drug-likeness (QED) is 0.389. The Morgan fingerprint density at radius 3 is 3.07 bits per heavy atom. The molecule has 0 aliphatic rings. The van der Waals surface area contributed by atoms with Gasteiger partial charge in [0.1, 0.15) is 12.4 Å². The molecule has 72 valence electrons. The molecule has 0 radical (unpaired) electrons. The summed E-state index contributed by atoms with van der Waals surface area (Å²) in [6, 6.07) is 5.39. The molecule has 0 amide bonds. The Kier molecular flexibility index (Phi) is 4.02. The number of benzene rings is 1. The van der Waals surface area contributed by atoms with Gasteiger partial charge in [-0.15, -0.1) is 6.42 Å². The Balaban J connectivity index is 3.03. The summed E-state index contributed by atoms with van der Waals surface area (Å²) in [5.74, 6) is 2.94. The van der Waals surface area contributed by atoms with Gasteiger partial charge >= 0.3 is 0 Å². The van der Waals surface area contributed by atoms with Gasteiger partial charge in [0.15, 0.2) is 0 Å². The van der Waals surface area contributed by atoms with Crippen molar-refractivity contribution in [2.24, 2.45) is 5.16 Å². The van der Waals surface area contributed by atoms with Crippen LogP contribution in [0.15, 0.2) is 27.8 Å². The first kappa shape index (κ1) is 10.6. The van der Waals surface area contributed by atoms with Gasteiger partial charge in [-0.25, -0.2) is 0 Å². The van der Waals surface area contributed by atoms with Crippen molar-refractivity contribution >= 4 is 22.1 Å². The summed E-state index contributed by atoms with van der Waals surface area (Å²) in [5.41, 5.74) is 0.664. The number of ether oxygens (including phenoxy) is 1. The summed E-state index contributed by atoms with van der Waals surface area (Å²) in [4.78, 5) is 0. The Morgan fingerprint density at radius 2 is 2.43 bits per heavy atom. The summed E-state index contributed by atoms with van der Waals surface area (Å²) in [7, 11) is 0. The Morgan fingerprint density at radius 1 is 1.64 bits per heavy atom. The van der Waals surface area contributed by atoms with Crippen molar-refractivity contribution in [1.82, 2.24) is 0 Å². The molecule has 0 aromatic heterocycles. The van der Waals surface area contributed by atoms with E-state index in [4.69, 9.17) is 16.4 Å². The summed E-state index contributed by atoms with van der Waals surface area (Å²) in [5, 5.41) is 11.4. The van der Waals surface area contributed by atoms with Gasteiger partial charge in [-0.2, -0.15) is 0 Å². The minimum absolute atomic E-state index is 0.175. The molecular weight excluding hydrogens is 246 g/mol. The second kappa shape index (κ2) is 5.30. The van der Waals surface area contributed by atoms with Gasteiger partial charge in [0.25, 0.3) is 0 Å². The van der Waals surface area contributed by atoms with Gasteiger partial charge < -0.3 is 9.94 Å². The lowest BCUT2D eigenvalue weighted by Gasteiger charge is -2.07. The standard InChI is InChI=1S/C10H8BrNO2/c1-2-6-14-10-8(7-12-13)4-3-5-9(10)11/h1,3-5,7,13H,6H2/b12-7+. The molecule has 1 aromatic rings. The second-order valence-electron chi connectivity index (χ2n) is 2.40. The van der Waals surface area contributed by atoms with Crippen LogP contribution in [0.5, 0.6) is 5.75 Å². The lowest BCUT2D eigenvalue weighted by Crippen LogP contribution is -1.98.